The zero-order valence-electron chi connectivity index (χ0n) is 15.3. The number of alkyl halides is 3. The molecular formula is C20H19F3N2O3. The van der Waals surface area contributed by atoms with Gasteiger partial charge in [-0.2, -0.15) is 18.4 Å². The Balaban J connectivity index is 1.89. The van der Waals surface area contributed by atoms with Crippen LogP contribution in [0.25, 0.3) is 0 Å². The summed E-state index contributed by atoms with van der Waals surface area (Å²) in [5.41, 5.74) is 1.19. The molecule has 2 aromatic carbocycles. The van der Waals surface area contributed by atoms with Crippen LogP contribution in [0.1, 0.15) is 31.0 Å². The Hall–Kier alpha value is -3.21. The fourth-order valence-corrected chi connectivity index (χ4v) is 2.30. The summed E-state index contributed by atoms with van der Waals surface area (Å²) in [5.74, 6) is 0.201. The number of rotatable bonds is 7. The SMILES string of the molecule is CC(Oc1ccc(C#N)cc1)C(=O)NC(C)c1ccc(OCC(F)(F)F)cc1. The van der Waals surface area contributed by atoms with Crippen molar-refractivity contribution in [1.82, 2.24) is 5.32 Å². The highest BCUT2D eigenvalue weighted by atomic mass is 19.4. The molecule has 2 unspecified atom stereocenters. The van der Waals surface area contributed by atoms with Crippen LogP contribution in [0.15, 0.2) is 48.5 Å². The molecule has 1 N–H and O–H groups in total. The fraction of sp³-hybridized carbons (Fsp3) is 0.300. The Bertz CT molecular complexity index is 828. The molecule has 0 aromatic heterocycles. The number of halogens is 3. The van der Waals surface area contributed by atoms with Gasteiger partial charge in [0.05, 0.1) is 17.7 Å². The molecule has 8 heteroatoms. The van der Waals surface area contributed by atoms with Crippen molar-refractivity contribution in [1.29, 1.82) is 5.26 Å². The lowest BCUT2D eigenvalue weighted by atomic mass is 10.1. The van der Waals surface area contributed by atoms with Gasteiger partial charge in [0.25, 0.3) is 5.91 Å². The maximum Gasteiger partial charge on any atom is 0.422 e. The first-order valence-corrected chi connectivity index (χ1v) is 8.44. The summed E-state index contributed by atoms with van der Waals surface area (Å²) in [6.45, 7) is 1.98. The van der Waals surface area contributed by atoms with Crippen molar-refractivity contribution >= 4 is 5.91 Å². The van der Waals surface area contributed by atoms with Gasteiger partial charge < -0.3 is 14.8 Å². The number of amides is 1. The van der Waals surface area contributed by atoms with E-state index in [4.69, 9.17) is 10.00 Å². The molecule has 0 saturated carbocycles. The summed E-state index contributed by atoms with van der Waals surface area (Å²) < 4.78 is 46.7. The van der Waals surface area contributed by atoms with Gasteiger partial charge >= 0.3 is 6.18 Å². The van der Waals surface area contributed by atoms with Crippen molar-refractivity contribution in [2.45, 2.75) is 32.2 Å². The number of ether oxygens (including phenoxy) is 2. The van der Waals surface area contributed by atoms with Crippen molar-refractivity contribution in [3.05, 3.63) is 59.7 Å². The van der Waals surface area contributed by atoms with Crippen molar-refractivity contribution < 1.29 is 27.4 Å². The molecule has 0 spiro atoms. The van der Waals surface area contributed by atoms with E-state index in [1.165, 1.54) is 12.1 Å². The Labute approximate surface area is 160 Å². The first-order valence-electron chi connectivity index (χ1n) is 8.44. The molecule has 0 saturated heterocycles. The lowest BCUT2D eigenvalue weighted by Crippen LogP contribution is -2.37. The van der Waals surface area contributed by atoms with E-state index in [1.54, 1.807) is 50.2 Å². The number of hydrogen-bond acceptors (Lipinski definition) is 4. The van der Waals surface area contributed by atoms with Crippen molar-refractivity contribution in [2.75, 3.05) is 6.61 Å². The van der Waals surface area contributed by atoms with Crippen LogP contribution < -0.4 is 14.8 Å². The fourth-order valence-electron chi connectivity index (χ4n) is 2.30. The average molecular weight is 392 g/mol. The smallest absolute Gasteiger partial charge is 0.422 e. The van der Waals surface area contributed by atoms with Gasteiger partial charge in [0.2, 0.25) is 0 Å². The third-order valence-electron chi connectivity index (χ3n) is 3.81. The zero-order chi connectivity index (χ0) is 20.7. The van der Waals surface area contributed by atoms with Crippen LogP contribution in [0.2, 0.25) is 0 Å². The Kier molecular flexibility index (Phi) is 6.88. The van der Waals surface area contributed by atoms with Gasteiger partial charge in [-0.15, -0.1) is 0 Å². The Morgan fingerprint density at radius 2 is 1.64 bits per heavy atom. The highest BCUT2D eigenvalue weighted by Crippen LogP contribution is 2.21. The van der Waals surface area contributed by atoms with Gasteiger partial charge in [-0.3, -0.25) is 4.79 Å². The molecule has 0 fully saturated rings. The standard InChI is InChI=1S/C20H19F3N2O3/c1-13(16-5-9-17(10-6-16)27-12-20(21,22)23)25-19(26)14(2)28-18-7-3-15(11-24)4-8-18/h3-10,13-14H,12H2,1-2H3,(H,25,26). The third-order valence-corrected chi connectivity index (χ3v) is 3.81. The molecule has 5 nitrogen and oxygen atoms in total. The summed E-state index contributed by atoms with van der Waals surface area (Å²) >= 11 is 0. The molecule has 2 aromatic rings. The van der Waals surface area contributed by atoms with E-state index in [9.17, 15) is 18.0 Å². The number of carbonyl (C=O) groups excluding carboxylic acids is 1. The number of nitrogens with one attached hydrogen (secondary N) is 1. The predicted octanol–water partition coefficient (Wildman–Crippen LogP) is 4.14. The minimum absolute atomic E-state index is 0.0946. The maximum atomic E-state index is 12.3. The van der Waals surface area contributed by atoms with E-state index >= 15 is 0 Å². The molecule has 0 aliphatic heterocycles. The summed E-state index contributed by atoms with van der Waals surface area (Å²) in [7, 11) is 0. The van der Waals surface area contributed by atoms with Crippen LogP contribution in [0.4, 0.5) is 13.2 Å². The molecule has 0 bridgehead atoms. The van der Waals surface area contributed by atoms with Gasteiger partial charge in [-0.25, -0.2) is 0 Å². The molecule has 2 rings (SSSR count). The van der Waals surface area contributed by atoms with E-state index in [0.29, 0.717) is 16.9 Å². The zero-order valence-corrected chi connectivity index (χ0v) is 15.3. The first kappa shape index (κ1) is 21.1. The van der Waals surface area contributed by atoms with Gasteiger partial charge in [-0.1, -0.05) is 12.1 Å². The molecule has 1 amide bonds. The summed E-state index contributed by atoms with van der Waals surface area (Å²) in [5, 5.41) is 11.6. The monoisotopic (exact) mass is 392 g/mol. The average Bonchev–Trinajstić information content (AvgIpc) is 2.66. The normalized spacial score (nSPS) is 13.1. The van der Waals surface area contributed by atoms with Gasteiger partial charge in [0, 0.05) is 0 Å². The molecule has 2 atom stereocenters. The number of nitrogens with zero attached hydrogens (tertiary/aromatic N) is 1. The van der Waals surface area contributed by atoms with Crippen molar-refractivity contribution in [3.8, 4) is 17.6 Å². The second-order valence-corrected chi connectivity index (χ2v) is 6.10. The largest absolute Gasteiger partial charge is 0.484 e. The van der Waals surface area contributed by atoms with Crippen LogP contribution in [0.5, 0.6) is 11.5 Å². The van der Waals surface area contributed by atoms with Crippen LogP contribution in [0, 0.1) is 11.3 Å². The predicted molar refractivity (Wildman–Crippen MR) is 95.8 cm³/mol. The molecule has 28 heavy (non-hydrogen) atoms. The Morgan fingerprint density at radius 1 is 1.07 bits per heavy atom. The molecule has 148 valence electrons. The highest BCUT2D eigenvalue weighted by Gasteiger charge is 2.28. The Morgan fingerprint density at radius 3 is 2.18 bits per heavy atom. The molecule has 0 radical (unpaired) electrons. The minimum Gasteiger partial charge on any atom is -0.484 e. The molecule has 0 aliphatic carbocycles. The number of benzene rings is 2. The summed E-state index contributed by atoms with van der Waals surface area (Å²) in [4.78, 5) is 12.3. The maximum absolute atomic E-state index is 12.3. The number of hydrogen-bond donors (Lipinski definition) is 1. The number of carbonyl (C=O) groups is 1. The van der Waals surface area contributed by atoms with E-state index in [2.05, 4.69) is 10.1 Å². The van der Waals surface area contributed by atoms with E-state index < -0.39 is 18.9 Å². The minimum atomic E-state index is -4.40. The van der Waals surface area contributed by atoms with E-state index in [0.717, 1.165) is 0 Å². The van der Waals surface area contributed by atoms with Crippen LogP contribution in [0.3, 0.4) is 0 Å². The van der Waals surface area contributed by atoms with Gasteiger partial charge in [0.1, 0.15) is 11.5 Å². The first-order chi connectivity index (χ1) is 13.2. The van der Waals surface area contributed by atoms with Crippen LogP contribution in [-0.2, 0) is 4.79 Å². The molecular weight excluding hydrogens is 373 g/mol. The van der Waals surface area contributed by atoms with E-state index in [1.807, 2.05) is 6.07 Å². The quantitative estimate of drug-likeness (QED) is 0.769. The third kappa shape index (κ3) is 6.50. The van der Waals surface area contributed by atoms with E-state index in [-0.39, 0.29) is 17.7 Å². The van der Waals surface area contributed by atoms with Crippen molar-refractivity contribution in [2.24, 2.45) is 0 Å². The lowest BCUT2D eigenvalue weighted by molar-refractivity contribution is -0.153. The second-order valence-electron chi connectivity index (χ2n) is 6.10. The lowest BCUT2D eigenvalue weighted by Gasteiger charge is -2.19. The van der Waals surface area contributed by atoms with Gasteiger partial charge in [0.15, 0.2) is 12.7 Å². The topological polar surface area (TPSA) is 71.3 Å². The number of nitriles is 1. The van der Waals surface area contributed by atoms with Crippen molar-refractivity contribution in [3.63, 3.8) is 0 Å². The summed E-state index contributed by atoms with van der Waals surface area (Å²) in [6.07, 6.45) is -5.17. The molecule has 0 aliphatic rings. The van der Waals surface area contributed by atoms with Crippen LogP contribution >= 0.6 is 0 Å². The second kappa shape index (κ2) is 9.13. The van der Waals surface area contributed by atoms with Crippen LogP contribution in [-0.4, -0.2) is 24.8 Å². The van der Waals surface area contributed by atoms with Gasteiger partial charge in [-0.05, 0) is 55.8 Å². The molecule has 0 heterocycles. The highest BCUT2D eigenvalue weighted by molar-refractivity contribution is 5.81. The summed E-state index contributed by atoms with van der Waals surface area (Å²) in [6, 6.07) is 14.0.